The van der Waals surface area contributed by atoms with Crippen LogP contribution in [0, 0.1) is 0 Å². The third kappa shape index (κ3) is 4.11. The van der Waals surface area contributed by atoms with Gasteiger partial charge in [0.15, 0.2) is 0 Å². The average Bonchev–Trinajstić information content (AvgIpc) is 3.37. The first-order chi connectivity index (χ1) is 17.6. The molecule has 1 aliphatic heterocycles. The largest absolute Gasteiger partial charge is 0.342 e. The van der Waals surface area contributed by atoms with Crippen LogP contribution in [0.1, 0.15) is 16.7 Å². The van der Waals surface area contributed by atoms with Gasteiger partial charge in [0.1, 0.15) is 0 Å². The van der Waals surface area contributed by atoms with E-state index in [2.05, 4.69) is 10.6 Å². The van der Waals surface area contributed by atoms with Crippen molar-refractivity contribution < 1.29 is 9.59 Å². The van der Waals surface area contributed by atoms with Gasteiger partial charge in [0.25, 0.3) is 11.1 Å². The summed E-state index contributed by atoms with van der Waals surface area (Å²) in [6.45, 7) is 0.855. The van der Waals surface area contributed by atoms with E-state index >= 15 is 0 Å². The van der Waals surface area contributed by atoms with Crippen molar-refractivity contribution in [2.24, 2.45) is 0 Å². The molecule has 0 radical (unpaired) electrons. The van der Waals surface area contributed by atoms with Gasteiger partial charge in [0.2, 0.25) is 0 Å². The minimum atomic E-state index is -0.263. The summed E-state index contributed by atoms with van der Waals surface area (Å²) >= 11 is 7.40. The number of nitrogens with zero attached hydrogens (tertiary/aromatic N) is 2. The number of aromatic nitrogens is 1. The number of carbonyl (C=O) groups is 2. The molecule has 4 aromatic carbocycles. The summed E-state index contributed by atoms with van der Waals surface area (Å²) in [6.07, 6.45) is 3.85. The van der Waals surface area contributed by atoms with Crippen LogP contribution in [0.2, 0.25) is 5.02 Å². The van der Waals surface area contributed by atoms with E-state index in [-0.39, 0.29) is 17.7 Å². The normalized spacial score (nSPS) is 15.0. The molecule has 1 saturated heterocycles. The molecule has 5 aromatic rings. The highest BCUT2D eigenvalue weighted by Gasteiger charge is 2.35. The first kappa shape index (κ1) is 22.7. The lowest BCUT2D eigenvalue weighted by Crippen LogP contribution is -2.27. The zero-order valence-electron chi connectivity index (χ0n) is 19.2. The van der Waals surface area contributed by atoms with Crippen molar-refractivity contribution in [2.75, 3.05) is 0 Å². The van der Waals surface area contributed by atoms with Crippen LogP contribution in [-0.2, 0) is 17.9 Å². The molecular weight excluding hydrogens is 488 g/mol. The Morgan fingerprint density at radius 3 is 2.31 bits per heavy atom. The van der Waals surface area contributed by atoms with Crippen molar-refractivity contribution in [3.63, 3.8) is 0 Å². The Hall–Kier alpha value is -3.80. The van der Waals surface area contributed by atoms with Gasteiger partial charge < -0.3 is 4.57 Å². The predicted octanol–water partition coefficient (Wildman–Crippen LogP) is 7.73. The monoisotopic (exact) mass is 508 g/mol. The van der Waals surface area contributed by atoms with Crippen molar-refractivity contribution in [3.05, 3.63) is 124 Å². The number of imide groups is 1. The second-order valence-electron chi connectivity index (χ2n) is 8.73. The molecule has 2 heterocycles. The maximum atomic E-state index is 13.3. The molecule has 0 bridgehead atoms. The first-order valence-electron chi connectivity index (χ1n) is 11.6. The lowest BCUT2D eigenvalue weighted by Gasteiger charge is -2.14. The summed E-state index contributed by atoms with van der Waals surface area (Å²) in [5.41, 5.74) is 3.90. The molecule has 0 aliphatic carbocycles. The Morgan fingerprint density at radius 2 is 1.44 bits per heavy atom. The van der Waals surface area contributed by atoms with Crippen molar-refractivity contribution >= 4 is 62.3 Å². The first-order valence-corrected chi connectivity index (χ1v) is 12.8. The number of halogens is 1. The number of benzene rings is 4. The van der Waals surface area contributed by atoms with Gasteiger partial charge in [-0.3, -0.25) is 14.5 Å². The van der Waals surface area contributed by atoms with Gasteiger partial charge in [0, 0.05) is 34.2 Å². The smallest absolute Gasteiger partial charge is 0.293 e. The number of thioether (sulfide) groups is 1. The molecule has 36 heavy (non-hydrogen) atoms. The van der Waals surface area contributed by atoms with E-state index in [0.717, 1.165) is 50.1 Å². The van der Waals surface area contributed by atoms with Crippen LogP contribution >= 0.6 is 23.4 Å². The highest BCUT2D eigenvalue weighted by atomic mass is 35.5. The maximum absolute atomic E-state index is 13.3. The van der Waals surface area contributed by atoms with Crippen LogP contribution in [-0.4, -0.2) is 20.6 Å². The average molecular weight is 509 g/mol. The maximum Gasteiger partial charge on any atom is 0.293 e. The van der Waals surface area contributed by atoms with E-state index in [0.29, 0.717) is 16.5 Å². The highest BCUT2D eigenvalue weighted by molar-refractivity contribution is 8.18. The molecule has 0 unspecified atom stereocenters. The van der Waals surface area contributed by atoms with E-state index in [4.69, 9.17) is 11.6 Å². The van der Waals surface area contributed by atoms with Gasteiger partial charge >= 0.3 is 0 Å². The van der Waals surface area contributed by atoms with Gasteiger partial charge in [-0.25, -0.2) is 0 Å². The molecule has 176 valence electrons. The standard InChI is InChI=1S/C30H21ClN2O2S/c31-26-14-5-2-9-22(26)17-32-18-23(25-13-4-6-15-27(25)32)16-28-29(34)33(30(35)36-28)19-21-11-7-10-20-8-1-3-12-24(20)21/h1-16,18H,17,19H2/b28-16-. The van der Waals surface area contributed by atoms with Crippen molar-refractivity contribution in [2.45, 2.75) is 13.1 Å². The lowest BCUT2D eigenvalue weighted by atomic mass is 10.0. The van der Waals surface area contributed by atoms with Gasteiger partial charge in [-0.05, 0) is 51.9 Å². The van der Waals surface area contributed by atoms with E-state index in [1.54, 1.807) is 0 Å². The zero-order chi connectivity index (χ0) is 24.6. The summed E-state index contributed by atoms with van der Waals surface area (Å²) in [4.78, 5) is 28.0. The summed E-state index contributed by atoms with van der Waals surface area (Å²) in [7, 11) is 0. The molecule has 2 amide bonds. The summed E-state index contributed by atoms with van der Waals surface area (Å²) < 4.78 is 2.13. The second-order valence-corrected chi connectivity index (χ2v) is 10.1. The Morgan fingerprint density at radius 1 is 0.750 bits per heavy atom. The van der Waals surface area contributed by atoms with E-state index in [1.807, 2.05) is 97.2 Å². The van der Waals surface area contributed by atoms with Gasteiger partial charge in [-0.1, -0.05) is 90.5 Å². The third-order valence-electron chi connectivity index (χ3n) is 6.49. The minimum Gasteiger partial charge on any atom is -0.342 e. The fourth-order valence-electron chi connectivity index (χ4n) is 4.71. The molecule has 1 aliphatic rings. The Labute approximate surface area is 217 Å². The van der Waals surface area contributed by atoms with Crippen LogP contribution in [0.5, 0.6) is 0 Å². The number of fused-ring (bicyclic) bond motifs is 2. The van der Waals surface area contributed by atoms with Crippen LogP contribution in [0.4, 0.5) is 4.79 Å². The quantitative estimate of drug-likeness (QED) is 0.228. The van der Waals surface area contributed by atoms with Crippen molar-refractivity contribution in [3.8, 4) is 0 Å². The van der Waals surface area contributed by atoms with Gasteiger partial charge in [-0.2, -0.15) is 0 Å². The molecule has 4 nitrogen and oxygen atoms in total. The van der Waals surface area contributed by atoms with Crippen molar-refractivity contribution in [1.29, 1.82) is 0 Å². The summed E-state index contributed by atoms with van der Waals surface area (Å²) in [5, 5.41) is 3.62. The lowest BCUT2D eigenvalue weighted by molar-refractivity contribution is -0.123. The highest BCUT2D eigenvalue weighted by Crippen LogP contribution is 2.36. The topological polar surface area (TPSA) is 42.3 Å². The van der Waals surface area contributed by atoms with E-state index in [1.165, 1.54) is 4.90 Å². The minimum absolute atomic E-state index is 0.248. The predicted molar refractivity (Wildman–Crippen MR) is 148 cm³/mol. The molecule has 0 spiro atoms. The number of rotatable bonds is 5. The molecule has 1 fully saturated rings. The molecular formula is C30H21ClN2O2S. The molecule has 0 saturated carbocycles. The number of para-hydroxylation sites is 1. The molecule has 6 heteroatoms. The SMILES string of the molecule is O=C1S/C(=C\c2cn(Cc3ccccc3Cl)c3ccccc23)C(=O)N1Cc1cccc2ccccc12. The van der Waals surface area contributed by atoms with Crippen molar-refractivity contribution in [1.82, 2.24) is 9.47 Å². The number of amides is 2. The molecule has 6 rings (SSSR count). The summed E-state index contributed by atoms with van der Waals surface area (Å²) in [6, 6.07) is 29.8. The Bertz CT molecular complexity index is 1680. The second kappa shape index (κ2) is 9.34. The zero-order valence-corrected chi connectivity index (χ0v) is 20.8. The van der Waals surface area contributed by atoms with Crippen LogP contribution in [0.25, 0.3) is 27.8 Å². The van der Waals surface area contributed by atoms with E-state index < -0.39 is 0 Å². The number of carbonyl (C=O) groups excluding carboxylic acids is 2. The van der Waals surface area contributed by atoms with Crippen LogP contribution in [0.3, 0.4) is 0 Å². The molecule has 0 atom stereocenters. The van der Waals surface area contributed by atoms with Crippen LogP contribution in [0.15, 0.2) is 102 Å². The Kier molecular flexibility index (Phi) is 5.88. The molecule has 1 aromatic heterocycles. The third-order valence-corrected chi connectivity index (χ3v) is 7.76. The number of hydrogen-bond donors (Lipinski definition) is 0. The van der Waals surface area contributed by atoms with Gasteiger partial charge in [0.05, 0.1) is 11.4 Å². The summed E-state index contributed by atoms with van der Waals surface area (Å²) in [5.74, 6) is -0.263. The Balaban J connectivity index is 1.33. The van der Waals surface area contributed by atoms with E-state index in [9.17, 15) is 9.59 Å². The fourth-order valence-corrected chi connectivity index (χ4v) is 5.73. The molecule has 0 N–H and O–H groups in total. The van der Waals surface area contributed by atoms with Gasteiger partial charge in [-0.15, -0.1) is 0 Å². The fraction of sp³-hybridized carbons (Fsp3) is 0.0667. The van der Waals surface area contributed by atoms with Crippen LogP contribution < -0.4 is 0 Å². The number of hydrogen-bond acceptors (Lipinski definition) is 3.